The molecule has 0 spiro atoms. The molecule has 0 saturated carbocycles. The highest BCUT2D eigenvalue weighted by Crippen LogP contribution is 2.20. The van der Waals surface area contributed by atoms with Gasteiger partial charge in [0.05, 0.1) is 12.2 Å². The van der Waals surface area contributed by atoms with Crippen molar-refractivity contribution in [2.45, 2.75) is 45.2 Å². The number of fused-ring (bicyclic) bond motifs is 1. The maximum atomic E-state index is 12.5. The molecule has 0 aliphatic carbocycles. The van der Waals surface area contributed by atoms with Gasteiger partial charge in [0.2, 0.25) is 15.9 Å². The van der Waals surface area contributed by atoms with Gasteiger partial charge in [-0.15, -0.1) is 10.2 Å². The molecule has 0 aromatic carbocycles. The number of aryl methyl sites for hydroxylation is 2. The van der Waals surface area contributed by atoms with Crippen LogP contribution < -0.4 is 5.32 Å². The van der Waals surface area contributed by atoms with E-state index < -0.39 is 10.0 Å². The lowest BCUT2D eigenvalue weighted by Gasteiger charge is -2.32. The minimum absolute atomic E-state index is 0.0440. The summed E-state index contributed by atoms with van der Waals surface area (Å²) in [6.45, 7) is 3.39. The minimum Gasteiger partial charge on any atom is -0.351 e. The summed E-state index contributed by atoms with van der Waals surface area (Å²) in [6.07, 6.45) is 4.30. The first-order valence-electron chi connectivity index (χ1n) is 7.99. The van der Waals surface area contributed by atoms with Crippen molar-refractivity contribution in [2.24, 2.45) is 5.92 Å². The second-order valence-corrected chi connectivity index (χ2v) is 8.46. The number of aromatic nitrogens is 3. The monoisotopic (exact) mass is 341 g/mol. The standard InChI is InChI=1S/C14H23N5O3S/c1-10-16-17-13-6-5-12(9-19(10)13)15-14(20)11-4-3-7-18(8-11)23(2,21)22/h11-12H,3-9H2,1-2H3,(H,15,20)/t11-,12+/m1/s1. The molecule has 1 amide bonds. The maximum absolute atomic E-state index is 12.5. The highest BCUT2D eigenvalue weighted by atomic mass is 32.2. The summed E-state index contributed by atoms with van der Waals surface area (Å²) in [5.41, 5.74) is 0. The van der Waals surface area contributed by atoms with E-state index in [4.69, 9.17) is 0 Å². The van der Waals surface area contributed by atoms with Gasteiger partial charge in [-0.1, -0.05) is 0 Å². The fourth-order valence-electron chi connectivity index (χ4n) is 3.36. The Hall–Kier alpha value is -1.48. The van der Waals surface area contributed by atoms with Crippen molar-refractivity contribution in [3.05, 3.63) is 11.6 Å². The fraction of sp³-hybridized carbons (Fsp3) is 0.786. The SMILES string of the molecule is Cc1nnc2n1C[C@@H](NC(=O)[C@@H]1CCCN(S(C)(=O)=O)C1)CC2. The van der Waals surface area contributed by atoms with Gasteiger partial charge in [-0.3, -0.25) is 4.79 Å². The molecule has 0 radical (unpaired) electrons. The number of sulfonamides is 1. The molecule has 1 aromatic rings. The zero-order chi connectivity index (χ0) is 16.6. The summed E-state index contributed by atoms with van der Waals surface area (Å²) in [5, 5.41) is 11.3. The predicted molar refractivity (Wildman–Crippen MR) is 84.2 cm³/mol. The average Bonchev–Trinajstić information content (AvgIpc) is 2.88. The van der Waals surface area contributed by atoms with E-state index in [0.29, 0.717) is 13.1 Å². The number of amides is 1. The van der Waals surface area contributed by atoms with Crippen LogP contribution in [0.25, 0.3) is 0 Å². The molecular formula is C14H23N5O3S. The Labute approximate surface area is 136 Å². The second-order valence-electron chi connectivity index (χ2n) is 6.48. The number of hydrogen-bond donors (Lipinski definition) is 1. The first kappa shape index (κ1) is 16.4. The van der Waals surface area contributed by atoms with Crippen LogP contribution in [0.1, 0.15) is 30.9 Å². The Balaban J connectivity index is 1.60. The van der Waals surface area contributed by atoms with Crippen LogP contribution in [0, 0.1) is 12.8 Å². The van der Waals surface area contributed by atoms with Crippen molar-refractivity contribution in [1.82, 2.24) is 24.4 Å². The number of carbonyl (C=O) groups is 1. The first-order valence-corrected chi connectivity index (χ1v) is 9.83. The lowest BCUT2D eigenvalue weighted by molar-refractivity contribution is -0.127. The lowest BCUT2D eigenvalue weighted by atomic mass is 9.97. The highest BCUT2D eigenvalue weighted by molar-refractivity contribution is 7.88. The first-order chi connectivity index (χ1) is 10.8. The Morgan fingerprint density at radius 1 is 1.26 bits per heavy atom. The third-order valence-electron chi connectivity index (χ3n) is 4.70. The molecule has 3 heterocycles. The van der Waals surface area contributed by atoms with E-state index in [2.05, 4.69) is 15.5 Å². The Morgan fingerprint density at radius 2 is 2.04 bits per heavy atom. The van der Waals surface area contributed by atoms with Gasteiger partial charge in [-0.2, -0.15) is 0 Å². The summed E-state index contributed by atoms with van der Waals surface area (Å²) in [5.74, 6) is 1.52. The van der Waals surface area contributed by atoms with Crippen LogP contribution in [0.3, 0.4) is 0 Å². The van der Waals surface area contributed by atoms with Crippen molar-refractivity contribution in [3.8, 4) is 0 Å². The van der Waals surface area contributed by atoms with Gasteiger partial charge in [0.1, 0.15) is 11.6 Å². The molecule has 2 aliphatic rings. The molecule has 1 fully saturated rings. The van der Waals surface area contributed by atoms with Crippen LogP contribution in [0.2, 0.25) is 0 Å². The van der Waals surface area contributed by atoms with Crippen LogP contribution in [0.15, 0.2) is 0 Å². The van der Waals surface area contributed by atoms with Crippen LogP contribution in [-0.2, 0) is 27.8 Å². The second kappa shape index (κ2) is 6.20. The average molecular weight is 341 g/mol. The molecule has 128 valence electrons. The van der Waals surface area contributed by atoms with Crippen molar-refractivity contribution in [3.63, 3.8) is 0 Å². The summed E-state index contributed by atoms with van der Waals surface area (Å²) in [7, 11) is -3.23. The minimum atomic E-state index is -3.23. The topological polar surface area (TPSA) is 97.2 Å². The van der Waals surface area contributed by atoms with Gasteiger partial charge in [0.15, 0.2) is 0 Å². The van der Waals surface area contributed by atoms with E-state index in [1.54, 1.807) is 0 Å². The van der Waals surface area contributed by atoms with Crippen molar-refractivity contribution < 1.29 is 13.2 Å². The smallest absolute Gasteiger partial charge is 0.224 e. The third-order valence-corrected chi connectivity index (χ3v) is 5.97. The molecule has 1 N–H and O–H groups in total. The van der Waals surface area contributed by atoms with Crippen LogP contribution in [-0.4, -0.2) is 58.8 Å². The molecule has 2 aliphatic heterocycles. The van der Waals surface area contributed by atoms with Crippen LogP contribution in [0.5, 0.6) is 0 Å². The van der Waals surface area contributed by atoms with Gasteiger partial charge >= 0.3 is 0 Å². The van der Waals surface area contributed by atoms with E-state index >= 15 is 0 Å². The molecule has 1 saturated heterocycles. The van der Waals surface area contributed by atoms with Gasteiger partial charge in [-0.05, 0) is 26.2 Å². The molecule has 23 heavy (non-hydrogen) atoms. The summed E-state index contributed by atoms with van der Waals surface area (Å²) in [6, 6.07) is 0.0540. The van der Waals surface area contributed by atoms with Crippen molar-refractivity contribution in [1.29, 1.82) is 0 Å². The molecule has 3 rings (SSSR count). The molecular weight excluding hydrogens is 318 g/mol. The third kappa shape index (κ3) is 3.55. The highest BCUT2D eigenvalue weighted by Gasteiger charge is 2.32. The van der Waals surface area contributed by atoms with Crippen molar-refractivity contribution in [2.75, 3.05) is 19.3 Å². The van der Waals surface area contributed by atoms with Gasteiger partial charge in [0.25, 0.3) is 0 Å². The zero-order valence-electron chi connectivity index (χ0n) is 13.5. The molecule has 8 nitrogen and oxygen atoms in total. The van der Waals surface area contributed by atoms with Gasteiger partial charge in [0, 0.05) is 32.1 Å². The van der Waals surface area contributed by atoms with Crippen molar-refractivity contribution >= 4 is 15.9 Å². The van der Waals surface area contributed by atoms with Crippen LogP contribution >= 0.6 is 0 Å². The number of nitrogens with one attached hydrogen (secondary N) is 1. The number of hydrogen-bond acceptors (Lipinski definition) is 5. The summed E-state index contributed by atoms with van der Waals surface area (Å²) in [4.78, 5) is 12.5. The summed E-state index contributed by atoms with van der Waals surface area (Å²) >= 11 is 0. The van der Waals surface area contributed by atoms with Gasteiger partial charge in [-0.25, -0.2) is 12.7 Å². The molecule has 2 atom stereocenters. The zero-order valence-corrected chi connectivity index (χ0v) is 14.3. The number of piperidine rings is 1. The predicted octanol–water partition coefficient (Wildman–Crippen LogP) is -0.311. The Kier molecular flexibility index (Phi) is 4.41. The molecule has 1 aromatic heterocycles. The largest absolute Gasteiger partial charge is 0.351 e. The maximum Gasteiger partial charge on any atom is 0.224 e. The normalized spacial score (nSPS) is 25.8. The number of carbonyl (C=O) groups excluding carboxylic acids is 1. The molecule has 0 bridgehead atoms. The van der Waals surface area contributed by atoms with Crippen LogP contribution in [0.4, 0.5) is 0 Å². The number of rotatable bonds is 3. The fourth-order valence-corrected chi connectivity index (χ4v) is 4.27. The van der Waals surface area contributed by atoms with E-state index in [0.717, 1.165) is 37.3 Å². The quantitative estimate of drug-likeness (QED) is 0.813. The molecule has 9 heteroatoms. The molecule has 0 unspecified atom stereocenters. The summed E-state index contributed by atoms with van der Waals surface area (Å²) < 4.78 is 26.8. The lowest BCUT2D eigenvalue weighted by Crippen LogP contribution is -2.49. The van der Waals surface area contributed by atoms with E-state index in [-0.39, 0.29) is 24.4 Å². The Bertz CT molecular complexity index is 699. The van der Waals surface area contributed by atoms with E-state index in [9.17, 15) is 13.2 Å². The van der Waals surface area contributed by atoms with E-state index in [1.165, 1.54) is 10.6 Å². The van der Waals surface area contributed by atoms with Gasteiger partial charge < -0.3 is 9.88 Å². The number of nitrogens with zero attached hydrogens (tertiary/aromatic N) is 4. The van der Waals surface area contributed by atoms with E-state index in [1.807, 2.05) is 11.5 Å². The Morgan fingerprint density at radius 3 is 2.78 bits per heavy atom.